The van der Waals surface area contributed by atoms with E-state index in [1.165, 1.54) is 0 Å². The Morgan fingerprint density at radius 1 is 1.55 bits per heavy atom. The van der Waals surface area contributed by atoms with Gasteiger partial charge in [-0.05, 0) is 26.2 Å². The van der Waals surface area contributed by atoms with E-state index < -0.39 is 0 Å². The summed E-state index contributed by atoms with van der Waals surface area (Å²) >= 11 is 0. The molecular weight excluding hydrogens is 140 g/mol. The van der Waals surface area contributed by atoms with Crippen molar-refractivity contribution in [2.45, 2.75) is 57.8 Å². The zero-order chi connectivity index (χ0) is 8.27. The summed E-state index contributed by atoms with van der Waals surface area (Å²) in [5.41, 5.74) is 0. The molecule has 0 aromatic rings. The van der Waals surface area contributed by atoms with Gasteiger partial charge < -0.3 is 9.84 Å². The minimum Gasteiger partial charge on any atom is -0.390 e. The van der Waals surface area contributed by atoms with E-state index in [1.807, 2.05) is 0 Å². The van der Waals surface area contributed by atoms with Crippen molar-refractivity contribution in [1.82, 2.24) is 0 Å². The van der Waals surface area contributed by atoms with Crippen molar-refractivity contribution in [2.75, 3.05) is 0 Å². The van der Waals surface area contributed by atoms with Crippen LogP contribution in [0.5, 0.6) is 0 Å². The Morgan fingerprint density at radius 3 is 2.73 bits per heavy atom. The summed E-state index contributed by atoms with van der Waals surface area (Å²) in [6, 6.07) is 0. The first-order valence-electron chi connectivity index (χ1n) is 4.57. The van der Waals surface area contributed by atoms with E-state index in [0.717, 1.165) is 25.7 Å². The Hall–Kier alpha value is -0.0800. The molecule has 1 fully saturated rings. The van der Waals surface area contributed by atoms with E-state index in [-0.39, 0.29) is 12.2 Å². The first-order valence-corrected chi connectivity index (χ1v) is 4.57. The van der Waals surface area contributed by atoms with Crippen molar-refractivity contribution in [1.29, 1.82) is 0 Å². The normalized spacial score (nSPS) is 34.1. The van der Waals surface area contributed by atoms with Gasteiger partial charge in [-0.3, -0.25) is 0 Å². The molecule has 1 saturated heterocycles. The Balaban J connectivity index is 2.25. The second-order valence-corrected chi connectivity index (χ2v) is 3.42. The molecule has 0 aliphatic carbocycles. The van der Waals surface area contributed by atoms with Gasteiger partial charge in [0.05, 0.1) is 18.3 Å². The number of hydrogen-bond donors (Lipinski definition) is 1. The van der Waals surface area contributed by atoms with Crippen LogP contribution in [-0.2, 0) is 4.74 Å². The van der Waals surface area contributed by atoms with Gasteiger partial charge >= 0.3 is 0 Å². The quantitative estimate of drug-likeness (QED) is 0.677. The van der Waals surface area contributed by atoms with Crippen LogP contribution < -0.4 is 0 Å². The van der Waals surface area contributed by atoms with Crippen molar-refractivity contribution in [3.63, 3.8) is 0 Å². The van der Waals surface area contributed by atoms with Crippen LogP contribution >= 0.6 is 0 Å². The largest absolute Gasteiger partial charge is 0.390 e. The van der Waals surface area contributed by atoms with Gasteiger partial charge in [0.15, 0.2) is 0 Å². The highest BCUT2D eigenvalue weighted by atomic mass is 16.5. The molecule has 1 aliphatic rings. The third kappa shape index (κ3) is 2.46. The van der Waals surface area contributed by atoms with Crippen LogP contribution in [-0.4, -0.2) is 23.4 Å². The van der Waals surface area contributed by atoms with Gasteiger partial charge in [-0.15, -0.1) is 0 Å². The molecule has 2 heteroatoms. The summed E-state index contributed by atoms with van der Waals surface area (Å²) in [6.45, 7) is 4.15. The number of aliphatic hydroxyl groups excluding tert-OH is 1. The van der Waals surface area contributed by atoms with Crippen LogP contribution in [0.15, 0.2) is 0 Å². The predicted octanol–water partition coefficient (Wildman–Crippen LogP) is 1.71. The monoisotopic (exact) mass is 158 g/mol. The fourth-order valence-electron chi connectivity index (χ4n) is 1.60. The van der Waals surface area contributed by atoms with Crippen molar-refractivity contribution < 1.29 is 9.84 Å². The smallest absolute Gasteiger partial charge is 0.0838 e. The van der Waals surface area contributed by atoms with E-state index in [1.54, 1.807) is 0 Å². The number of hydrogen-bond acceptors (Lipinski definition) is 2. The molecule has 1 N–H and O–H groups in total. The van der Waals surface area contributed by atoms with E-state index in [2.05, 4.69) is 13.8 Å². The summed E-state index contributed by atoms with van der Waals surface area (Å²) in [6.07, 6.45) is 4.28. The molecule has 3 atom stereocenters. The first kappa shape index (κ1) is 9.01. The van der Waals surface area contributed by atoms with Gasteiger partial charge in [0.2, 0.25) is 0 Å². The fraction of sp³-hybridized carbons (Fsp3) is 1.00. The van der Waals surface area contributed by atoms with Gasteiger partial charge in [0.1, 0.15) is 0 Å². The fourth-order valence-corrected chi connectivity index (χ4v) is 1.60. The van der Waals surface area contributed by atoms with Crippen LogP contribution in [0.25, 0.3) is 0 Å². The van der Waals surface area contributed by atoms with Crippen LogP contribution in [0.4, 0.5) is 0 Å². The van der Waals surface area contributed by atoms with Crippen LogP contribution in [0, 0.1) is 0 Å². The van der Waals surface area contributed by atoms with Gasteiger partial charge in [-0.25, -0.2) is 0 Å². The summed E-state index contributed by atoms with van der Waals surface area (Å²) in [4.78, 5) is 0. The van der Waals surface area contributed by atoms with Gasteiger partial charge in [0.25, 0.3) is 0 Å². The van der Waals surface area contributed by atoms with E-state index >= 15 is 0 Å². The standard InChI is InChI=1S/C9H18O2/c1-3-4-8(10)9-6-5-7(2)11-9/h7-10H,3-6H2,1-2H3. The topological polar surface area (TPSA) is 29.5 Å². The molecule has 1 heterocycles. The molecule has 11 heavy (non-hydrogen) atoms. The molecule has 2 nitrogen and oxygen atoms in total. The molecule has 0 aromatic carbocycles. The first-order chi connectivity index (χ1) is 5.24. The minimum atomic E-state index is -0.232. The number of ether oxygens (including phenoxy) is 1. The molecule has 0 spiro atoms. The molecule has 0 bridgehead atoms. The maximum absolute atomic E-state index is 9.54. The molecule has 3 unspecified atom stereocenters. The molecule has 0 amide bonds. The Kier molecular flexibility index (Phi) is 3.34. The van der Waals surface area contributed by atoms with Crippen LogP contribution in [0.3, 0.4) is 0 Å². The van der Waals surface area contributed by atoms with Crippen molar-refractivity contribution in [3.05, 3.63) is 0 Å². The lowest BCUT2D eigenvalue weighted by atomic mass is 10.1. The minimum absolute atomic E-state index is 0.116. The van der Waals surface area contributed by atoms with E-state index in [9.17, 15) is 5.11 Å². The zero-order valence-corrected chi connectivity index (χ0v) is 7.42. The lowest BCUT2D eigenvalue weighted by Crippen LogP contribution is -2.25. The SMILES string of the molecule is CCCC(O)C1CCC(C)O1. The third-order valence-electron chi connectivity index (χ3n) is 2.28. The molecule has 66 valence electrons. The Labute approximate surface area is 68.6 Å². The van der Waals surface area contributed by atoms with Crippen molar-refractivity contribution in [3.8, 4) is 0 Å². The zero-order valence-electron chi connectivity index (χ0n) is 7.42. The molecule has 0 saturated carbocycles. The average molecular weight is 158 g/mol. The summed E-state index contributed by atoms with van der Waals surface area (Å²) < 4.78 is 5.53. The molecule has 0 aromatic heterocycles. The van der Waals surface area contributed by atoms with Crippen molar-refractivity contribution >= 4 is 0 Å². The summed E-state index contributed by atoms with van der Waals surface area (Å²) in [5.74, 6) is 0. The lowest BCUT2D eigenvalue weighted by Gasteiger charge is -2.17. The van der Waals surface area contributed by atoms with Crippen LogP contribution in [0.1, 0.15) is 39.5 Å². The highest BCUT2D eigenvalue weighted by Gasteiger charge is 2.27. The Morgan fingerprint density at radius 2 is 2.27 bits per heavy atom. The molecule has 1 aliphatic heterocycles. The molecule has 1 rings (SSSR count). The summed E-state index contributed by atoms with van der Waals surface area (Å²) in [5, 5.41) is 9.54. The van der Waals surface area contributed by atoms with E-state index in [4.69, 9.17) is 4.74 Å². The van der Waals surface area contributed by atoms with Crippen LogP contribution in [0.2, 0.25) is 0 Å². The van der Waals surface area contributed by atoms with E-state index in [0.29, 0.717) is 6.10 Å². The maximum Gasteiger partial charge on any atom is 0.0838 e. The molecule has 0 radical (unpaired) electrons. The highest BCUT2D eigenvalue weighted by molar-refractivity contribution is 4.76. The third-order valence-corrected chi connectivity index (χ3v) is 2.28. The predicted molar refractivity (Wildman–Crippen MR) is 44.5 cm³/mol. The Bertz CT molecular complexity index is 114. The van der Waals surface area contributed by atoms with Crippen molar-refractivity contribution in [2.24, 2.45) is 0 Å². The second-order valence-electron chi connectivity index (χ2n) is 3.42. The average Bonchev–Trinajstić information content (AvgIpc) is 2.36. The van der Waals surface area contributed by atoms with Gasteiger partial charge in [-0.1, -0.05) is 13.3 Å². The van der Waals surface area contributed by atoms with Gasteiger partial charge in [0, 0.05) is 0 Å². The number of aliphatic hydroxyl groups is 1. The van der Waals surface area contributed by atoms with Gasteiger partial charge in [-0.2, -0.15) is 0 Å². The summed E-state index contributed by atoms with van der Waals surface area (Å²) in [7, 11) is 0. The lowest BCUT2D eigenvalue weighted by molar-refractivity contribution is -0.0315. The molecular formula is C9H18O2. The second kappa shape index (κ2) is 4.07. The number of rotatable bonds is 3. The maximum atomic E-state index is 9.54. The highest BCUT2D eigenvalue weighted by Crippen LogP contribution is 2.23.